The summed E-state index contributed by atoms with van der Waals surface area (Å²) in [6, 6.07) is 3.85. The maximum absolute atomic E-state index is 12.1. The van der Waals surface area contributed by atoms with Crippen LogP contribution < -0.4 is 10.5 Å². The number of ether oxygens (including phenoxy) is 2. The molecule has 0 bridgehead atoms. The van der Waals surface area contributed by atoms with E-state index in [-0.39, 0.29) is 17.5 Å². The molecule has 0 unspecified atom stereocenters. The summed E-state index contributed by atoms with van der Waals surface area (Å²) in [7, 11) is 0. The van der Waals surface area contributed by atoms with Crippen LogP contribution in [0.15, 0.2) is 18.2 Å². The summed E-state index contributed by atoms with van der Waals surface area (Å²) in [6.45, 7) is 3.11. The van der Waals surface area contributed by atoms with Gasteiger partial charge in [-0.25, -0.2) is 4.98 Å². The van der Waals surface area contributed by atoms with E-state index in [0.29, 0.717) is 24.5 Å². The summed E-state index contributed by atoms with van der Waals surface area (Å²) >= 11 is 0. The molecule has 0 spiro atoms. The number of rotatable bonds is 4. The Bertz CT molecular complexity index is 1000. The van der Waals surface area contributed by atoms with Gasteiger partial charge in [0.25, 0.3) is 0 Å². The topological polar surface area (TPSA) is 97.9 Å². The van der Waals surface area contributed by atoms with E-state index in [1.807, 2.05) is 13.8 Å². The van der Waals surface area contributed by atoms with E-state index >= 15 is 0 Å². The van der Waals surface area contributed by atoms with E-state index in [1.165, 1.54) is 41.8 Å². The van der Waals surface area contributed by atoms with Crippen molar-refractivity contribution >= 4 is 12.2 Å². The molecule has 35 heavy (non-hydrogen) atoms. The molecular formula is C26H35F2N3O4. The monoisotopic (exact) mass is 491 g/mol. The SMILES string of the molecule is CC.Nc1nc2c(c3c1COC3)CCCC2.O=CN1CCCC[C@@H]1c1ccc(OC(F)F)cc1O. The highest BCUT2D eigenvalue weighted by Crippen LogP contribution is 2.37. The molecule has 0 saturated carbocycles. The zero-order valence-electron chi connectivity index (χ0n) is 20.4. The number of piperidine rings is 1. The summed E-state index contributed by atoms with van der Waals surface area (Å²) in [6.07, 6.45) is 8.19. The largest absolute Gasteiger partial charge is 0.507 e. The molecule has 3 aliphatic rings. The highest BCUT2D eigenvalue weighted by molar-refractivity contribution is 5.52. The van der Waals surface area contributed by atoms with Gasteiger partial charge < -0.3 is 25.2 Å². The molecule has 1 aliphatic carbocycles. The van der Waals surface area contributed by atoms with Crippen LogP contribution in [0.3, 0.4) is 0 Å². The third-order valence-corrected chi connectivity index (χ3v) is 6.49. The maximum atomic E-state index is 12.1. The summed E-state index contributed by atoms with van der Waals surface area (Å²) in [4.78, 5) is 17.1. The molecule has 192 valence electrons. The van der Waals surface area contributed by atoms with Crippen LogP contribution in [0, 0.1) is 0 Å². The average Bonchev–Trinajstić information content (AvgIpc) is 3.37. The molecule has 1 aromatic carbocycles. The minimum absolute atomic E-state index is 0.0929. The molecule has 5 rings (SSSR count). The number of hydrogen-bond donors (Lipinski definition) is 2. The third-order valence-electron chi connectivity index (χ3n) is 6.49. The second kappa shape index (κ2) is 12.7. The summed E-state index contributed by atoms with van der Waals surface area (Å²) in [5, 5.41) is 9.90. The fourth-order valence-corrected chi connectivity index (χ4v) is 4.87. The number of likely N-dealkylation sites (tertiary alicyclic amines) is 1. The third kappa shape index (κ3) is 6.39. The number of amides is 1. The number of anilines is 1. The number of aryl methyl sites for hydroxylation is 1. The van der Waals surface area contributed by atoms with Gasteiger partial charge in [0.2, 0.25) is 6.41 Å². The van der Waals surface area contributed by atoms with Gasteiger partial charge in [-0.2, -0.15) is 8.78 Å². The lowest BCUT2D eigenvalue weighted by Gasteiger charge is -2.33. The van der Waals surface area contributed by atoms with Crippen LogP contribution in [0.5, 0.6) is 11.5 Å². The van der Waals surface area contributed by atoms with Crippen molar-refractivity contribution in [1.29, 1.82) is 0 Å². The number of aromatic hydroxyl groups is 1. The first-order chi connectivity index (χ1) is 17.0. The van der Waals surface area contributed by atoms with Crippen molar-refractivity contribution in [2.45, 2.75) is 84.7 Å². The molecule has 1 aromatic heterocycles. The number of carbonyl (C=O) groups excluding carboxylic acids is 1. The van der Waals surface area contributed by atoms with Gasteiger partial charge in [-0.05, 0) is 68.2 Å². The number of carbonyl (C=O) groups is 1. The number of aromatic nitrogens is 1. The Balaban J connectivity index is 0.000000189. The zero-order valence-corrected chi connectivity index (χ0v) is 20.4. The Kier molecular flexibility index (Phi) is 9.65. The average molecular weight is 492 g/mol. The van der Waals surface area contributed by atoms with Crippen molar-refractivity contribution in [2.75, 3.05) is 12.3 Å². The molecule has 7 nitrogen and oxygen atoms in total. The zero-order chi connectivity index (χ0) is 25.4. The fourth-order valence-electron chi connectivity index (χ4n) is 4.87. The molecule has 1 saturated heterocycles. The summed E-state index contributed by atoms with van der Waals surface area (Å²) in [5.74, 6) is 0.472. The van der Waals surface area contributed by atoms with Crippen LogP contribution in [-0.4, -0.2) is 34.6 Å². The molecule has 0 radical (unpaired) electrons. The predicted octanol–water partition coefficient (Wildman–Crippen LogP) is 5.28. The van der Waals surface area contributed by atoms with Crippen LogP contribution in [-0.2, 0) is 35.6 Å². The quantitative estimate of drug-likeness (QED) is 0.565. The lowest BCUT2D eigenvalue weighted by atomic mass is 9.91. The lowest BCUT2D eigenvalue weighted by Crippen LogP contribution is -2.32. The maximum Gasteiger partial charge on any atom is 0.387 e. The number of nitrogens with two attached hydrogens (primary N) is 1. The van der Waals surface area contributed by atoms with Crippen molar-refractivity contribution < 1.29 is 28.2 Å². The number of nitrogen functional groups attached to an aromatic ring is 1. The lowest BCUT2D eigenvalue weighted by molar-refractivity contribution is -0.121. The van der Waals surface area contributed by atoms with Crippen LogP contribution in [0.25, 0.3) is 0 Å². The summed E-state index contributed by atoms with van der Waals surface area (Å²) in [5.41, 5.74) is 11.6. The second-order valence-corrected chi connectivity index (χ2v) is 8.53. The Hall–Kier alpha value is -2.94. The minimum atomic E-state index is -2.92. The van der Waals surface area contributed by atoms with E-state index in [0.717, 1.165) is 56.8 Å². The number of nitrogens with zero attached hydrogens (tertiary/aromatic N) is 2. The van der Waals surface area contributed by atoms with Crippen LogP contribution in [0.4, 0.5) is 14.6 Å². The highest BCUT2D eigenvalue weighted by atomic mass is 19.3. The van der Waals surface area contributed by atoms with Crippen LogP contribution in [0.2, 0.25) is 0 Å². The van der Waals surface area contributed by atoms with E-state index < -0.39 is 6.61 Å². The first kappa shape index (κ1) is 26.7. The van der Waals surface area contributed by atoms with Gasteiger partial charge in [0.15, 0.2) is 0 Å². The smallest absolute Gasteiger partial charge is 0.387 e. The number of phenolic OH excluding ortho intramolecular Hbond substituents is 1. The molecule has 1 amide bonds. The summed E-state index contributed by atoms with van der Waals surface area (Å²) < 4.78 is 33.8. The van der Waals surface area contributed by atoms with Crippen LogP contribution >= 0.6 is 0 Å². The number of hydrogen-bond acceptors (Lipinski definition) is 6. The van der Waals surface area contributed by atoms with Crippen molar-refractivity contribution in [2.24, 2.45) is 0 Å². The van der Waals surface area contributed by atoms with Gasteiger partial charge in [-0.1, -0.05) is 13.8 Å². The Morgan fingerprint density at radius 3 is 2.60 bits per heavy atom. The van der Waals surface area contributed by atoms with E-state index in [9.17, 15) is 18.7 Å². The number of alkyl halides is 2. The van der Waals surface area contributed by atoms with Crippen molar-refractivity contribution in [3.63, 3.8) is 0 Å². The van der Waals surface area contributed by atoms with E-state index in [4.69, 9.17) is 10.5 Å². The molecule has 3 N–H and O–H groups in total. The first-order valence-corrected chi connectivity index (χ1v) is 12.3. The number of fused-ring (bicyclic) bond motifs is 3. The van der Waals surface area contributed by atoms with Crippen molar-refractivity contribution in [1.82, 2.24) is 9.88 Å². The standard InChI is InChI=1S/C13H15F2NO3.C11H14N2O.C2H6/c14-13(15)19-9-4-5-10(12(18)7-9)11-3-1-2-6-16(11)8-17;12-11-9-6-14-5-8(9)7-3-1-2-4-10(7)13-11;1-2/h4-5,7-8,11,13,18H,1-3,6H2;1-6H2,(H2,12,13);1-2H3/t11-;;/m1../s1. The highest BCUT2D eigenvalue weighted by Gasteiger charge is 2.26. The van der Waals surface area contributed by atoms with Crippen LogP contribution in [0.1, 0.15) is 79.9 Å². The van der Waals surface area contributed by atoms with Gasteiger partial charge in [0.1, 0.15) is 17.3 Å². The Morgan fingerprint density at radius 1 is 1.14 bits per heavy atom. The molecule has 2 aliphatic heterocycles. The molecular weight excluding hydrogens is 456 g/mol. The normalized spacial score (nSPS) is 18.4. The van der Waals surface area contributed by atoms with E-state index in [1.54, 1.807) is 4.90 Å². The number of pyridine rings is 1. The molecule has 3 heterocycles. The molecule has 9 heteroatoms. The Labute approximate surface area is 205 Å². The van der Waals surface area contributed by atoms with Gasteiger partial charge in [0.05, 0.1) is 19.3 Å². The van der Waals surface area contributed by atoms with Gasteiger partial charge in [0, 0.05) is 29.4 Å². The molecule has 1 fully saturated rings. The number of phenols is 1. The van der Waals surface area contributed by atoms with Crippen molar-refractivity contribution in [3.05, 3.63) is 46.1 Å². The van der Waals surface area contributed by atoms with Crippen molar-refractivity contribution in [3.8, 4) is 11.5 Å². The second-order valence-electron chi connectivity index (χ2n) is 8.53. The van der Waals surface area contributed by atoms with Gasteiger partial charge in [-0.15, -0.1) is 0 Å². The number of halogens is 2. The molecule has 1 atom stereocenters. The minimum Gasteiger partial charge on any atom is -0.507 e. The molecule has 2 aromatic rings. The number of benzene rings is 1. The first-order valence-electron chi connectivity index (χ1n) is 12.3. The van der Waals surface area contributed by atoms with Gasteiger partial charge in [-0.3, -0.25) is 4.79 Å². The fraction of sp³-hybridized carbons (Fsp3) is 0.538. The van der Waals surface area contributed by atoms with E-state index in [2.05, 4.69) is 9.72 Å². The Morgan fingerprint density at radius 2 is 1.89 bits per heavy atom. The van der Waals surface area contributed by atoms with Gasteiger partial charge >= 0.3 is 6.61 Å². The predicted molar refractivity (Wildman–Crippen MR) is 129 cm³/mol.